The summed E-state index contributed by atoms with van der Waals surface area (Å²) in [4.78, 5) is 24.4. The van der Waals surface area contributed by atoms with Crippen molar-refractivity contribution < 1.29 is 28.5 Å². The summed E-state index contributed by atoms with van der Waals surface area (Å²) in [5.74, 6) is -1.77. The van der Waals surface area contributed by atoms with Crippen LogP contribution in [0, 0.1) is 0 Å². The summed E-state index contributed by atoms with van der Waals surface area (Å²) in [5, 5.41) is 0. The molecule has 148 valence electrons. The van der Waals surface area contributed by atoms with Crippen molar-refractivity contribution in [3.05, 3.63) is 77.9 Å². The summed E-state index contributed by atoms with van der Waals surface area (Å²) in [6.07, 6.45) is 0. The first-order valence-corrected chi connectivity index (χ1v) is 8.70. The SMILES string of the molecule is C=C(C)C(=O)OCCOc1ccc(C(=O)C(OC)(OC)c2ccccc2)cc1. The van der Waals surface area contributed by atoms with E-state index in [-0.39, 0.29) is 19.0 Å². The van der Waals surface area contributed by atoms with E-state index < -0.39 is 11.8 Å². The molecule has 0 radical (unpaired) electrons. The van der Waals surface area contributed by atoms with Crippen LogP contribution in [0.5, 0.6) is 5.75 Å². The number of esters is 1. The number of rotatable bonds is 10. The Hall–Kier alpha value is -2.96. The summed E-state index contributed by atoms with van der Waals surface area (Å²) in [6, 6.07) is 15.6. The van der Waals surface area contributed by atoms with Crippen LogP contribution >= 0.6 is 0 Å². The molecule has 0 bridgehead atoms. The predicted molar refractivity (Wildman–Crippen MR) is 104 cm³/mol. The van der Waals surface area contributed by atoms with Gasteiger partial charge in [0.05, 0.1) is 0 Å². The summed E-state index contributed by atoms with van der Waals surface area (Å²) >= 11 is 0. The average molecular weight is 384 g/mol. The van der Waals surface area contributed by atoms with Crippen LogP contribution in [0.1, 0.15) is 22.8 Å². The van der Waals surface area contributed by atoms with Gasteiger partial charge in [0.1, 0.15) is 19.0 Å². The van der Waals surface area contributed by atoms with Gasteiger partial charge in [0.2, 0.25) is 5.78 Å². The van der Waals surface area contributed by atoms with E-state index in [2.05, 4.69) is 6.58 Å². The van der Waals surface area contributed by atoms with Crippen LogP contribution in [-0.4, -0.2) is 39.2 Å². The third-order valence-corrected chi connectivity index (χ3v) is 4.08. The highest BCUT2D eigenvalue weighted by Gasteiger charge is 2.41. The number of benzene rings is 2. The molecule has 0 aliphatic heterocycles. The topological polar surface area (TPSA) is 71.1 Å². The van der Waals surface area contributed by atoms with Gasteiger partial charge in [0.25, 0.3) is 5.79 Å². The Morgan fingerprint density at radius 3 is 2.07 bits per heavy atom. The smallest absolute Gasteiger partial charge is 0.333 e. The van der Waals surface area contributed by atoms with Gasteiger partial charge in [-0.15, -0.1) is 0 Å². The molecule has 0 spiro atoms. The van der Waals surface area contributed by atoms with Crippen molar-refractivity contribution in [1.29, 1.82) is 0 Å². The molecular weight excluding hydrogens is 360 g/mol. The molecule has 0 aliphatic rings. The molecule has 0 saturated carbocycles. The molecule has 6 heteroatoms. The van der Waals surface area contributed by atoms with Gasteiger partial charge in [0, 0.05) is 30.9 Å². The fraction of sp³-hybridized carbons (Fsp3) is 0.273. The summed E-state index contributed by atoms with van der Waals surface area (Å²) in [6.45, 7) is 5.38. The Kier molecular flexibility index (Phi) is 7.49. The number of carbonyl (C=O) groups excluding carboxylic acids is 2. The molecule has 2 aromatic rings. The fourth-order valence-corrected chi connectivity index (χ4v) is 2.60. The molecule has 0 unspecified atom stereocenters. The van der Waals surface area contributed by atoms with Crippen molar-refractivity contribution in [1.82, 2.24) is 0 Å². The first kappa shape index (κ1) is 21.3. The Labute approximate surface area is 164 Å². The lowest BCUT2D eigenvalue weighted by Gasteiger charge is -2.29. The second-order valence-electron chi connectivity index (χ2n) is 6.01. The molecule has 2 aromatic carbocycles. The molecule has 28 heavy (non-hydrogen) atoms. The highest BCUT2D eigenvalue weighted by molar-refractivity contribution is 6.02. The van der Waals surface area contributed by atoms with Crippen molar-refractivity contribution in [3.63, 3.8) is 0 Å². The fourth-order valence-electron chi connectivity index (χ4n) is 2.60. The lowest BCUT2D eigenvalue weighted by Crippen LogP contribution is -2.39. The highest BCUT2D eigenvalue weighted by Crippen LogP contribution is 2.30. The van der Waals surface area contributed by atoms with E-state index in [1.54, 1.807) is 43.3 Å². The van der Waals surface area contributed by atoms with E-state index in [1.165, 1.54) is 14.2 Å². The minimum absolute atomic E-state index is 0.108. The molecular formula is C22H24O6. The second-order valence-corrected chi connectivity index (χ2v) is 6.01. The number of ketones is 1. The largest absolute Gasteiger partial charge is 0.490 e. The van der Waals surface area contributed by atoms with Crippen LogP contribution in [0.2, 0.25) is 0 Å². The Bertz CT molecular complexity index is 807. The van der Waals surface area contributed by atoms with Gasteiger partial charge in [-0.05, 0) is 31.2 Å². The van der Waals surface area contributed by atoms with E-state index in [0.29, 0.717) is 22.4 Å². The van der Waals surface area contributed by atoms with Gasteiger partial charge in [-0.3, -0.25) is 4.79 Å². The summed E-state index contributed by atoms with van der Waals surface area (Å²) in [7, 11) is 2.86. The van der Waals surface area contributed by atoms with E-state index >= 15 is 0 Å². The zero-order valence-electron chi connectivity index (χ0n) is 16.3. The summed E-state index contributed by atoms with van der Waals surface area (Å²) < 4.78 is 21.4. The van der Waals surface area contributed by atoms with Gasteiger partial charge >= 0.3 is 5.97 Å². The van der Waals surface area contributed by atoms with Gasteiger partial charge in [-0.2, -0.15) is 0 Å². The van der Waals surface area contributed by atoms with Gasteiger partial charge in [-0.1, -0.05) is 36.9 Å². The van der Waals surface area contributed by atoms with Crippen molar-refractivity contribution in [2.75, 3.05) is 27.4 Å². The van der Waals surface area contributed by atoms with Crippen LogP contribution in [-0.2, 0) is 24.8 Å². The lowest BCUT2D eigenvalue weighted by molar-refractivity contribution is -0.176. The molecule has 0 aromatic heterocycles. The molecule has 0 aliphatic carbocycles. The highest BCUT2D eigenvalue weighted by atomic mass is 16.7. The van der Waals surface area contributed by atoms with Crippen LogP contribution in [0.15, 0.2) is 66.7 Å². The Balaban J connectivity index is 2.06. The van der Waals surface area contributed by atoms with E-state index in [0.717, 1.165) is 0 Å². The van der Waals surface area contributed by atoms with Crippen LogP contribution in [0.4, 0.5) is 0 Å². The molecule has 0 N–H and O–H groups in total. The minimum atomic E-state index is -1.53. The standard InChI is InChI=1S/C22H24O6/c1-16(2)21(24)28-15-14-27-19-12-10-17(11-13-19)20(23)22(25-3,26-4)18-8-6-5-7-9-18/h5-13H,1,14-15H2,2-4H3. The maximum Gasteiger partial charge on any atom is 0.333 e. The number of hydrogen-bond donors (Lipinski definition) is 0. The second kappa shape index (κ2) is 9.82. The maximum atomic E-state index is 13.1. The molecule has 0 fully saturated rings. The first-order chi connectivity index (χ1) is 13.4. The minimum Gasteiger partial charge on any atom is -0.490 e. The van der Waals surface area contributed by atoms with Gasteiger partial charge in [-0.25, -0.2) is 4.79 Å². The number of carbonyl (C=O) groups is 2. The average Bonchev–Trinajstić information content (AvgIpc) is 2.73. The van der Waals surface area contributed by atoms with Crippen LogP contribution in [0.25, 0.3) is 0 Å². The Morgan fingerprint density at radius 2 is 1.54 bits per heavy atom. The van der Waals surface area contributed by atoms with Crippen molar-refractivity contribution in [3.8, 4) is 5.75 Å². The van der Waals surface area contributed by atoms with E-state index in [1.807, 2.05) is 18.2 Å². The molecule has 0 heterocycles. The molecule has 0 amide bonds. The van der Waals surface area contributed by atoms with Gasteiger partial charge < -0.3 is 18.9 Å². The van der Waals surface area contributed by atoms with Crippen molar-refractivity contribution in [2.24, 2.45) is 0 Å². The number of ether oxygens (including phenoxy) is 4. The first-order valence-electron chi connectivity index (χ1n) is 8.70. The Morgan fingerprint density at radius 1 is 0.929 bits per heavy atom. The lowest BCUT2D eigenvalue weighted by atomic mass is 9.96. The van der Waals surface area contributed by atoms with E-state index in [4.69, 9.17) is 18.9 Å². The molecule has 2 rings (SSSR count). The molecule has 0 saturated heterocycles. The quantitative estimate of drug-likeness (QED) is 0.205. The van der Waals surface area contributed by atoms with Crippen molar-refractivity contribution in [2.45, 2.75) is 12.7 Å². The molecule has 0 atom stereocenters. The normalized spacial score (nSPS) is 11.0. The predicted octanol–water partition coefficient (Wildman–Crippen LogP) is 3.51. The zero-order valence-corrected chi connectivity index (χ0v) is 16.3. The zero-order chi connectivity index (χ0) is 20.6. The number of Topliss-reactive ketones (excluding diaryl/α,β-unsaturated/α-hetero) is 1. The van der Waals surface area contributed by atoms with Crippen molar-refractivity contribution >= 4 is 11.8 Å². The third-order valence-electron chi connectivity index (χ3n) is 4.08. The third kappa shape index (κ3) is 4.85. The monoisotopic (exact) mass is 384 g/mol. The van der Waals surface area contributed by atoms with Gasteiger partial charge in [0.15, 0.2) is 0 Å². The van der Waals surface area contributed by atoms with E-state index in [9.17, 15) is 9.59 Å². The number of methoxy groups -OCH3 is 2. The number of hydrogen-bond acceptors (Lipinski definition) is 6. The van der Waals surface area contributed by atoms with Crippen LogP contribution in [0.3, 0.4) is 0 Å². The maximum absolute atomic E-state index is 13.1. The molecule has 6 nitrogen and oxygen atoms in total. The summed E-state index contributed by atoms with van der Waals surface area (Å²) in [5.41, 5.74) is 1.35. The van der Waals surface area contributed by atoms with Crippen LogP contribution < -0.4 is 4.74 Å².